The first-order valence-corrected chi connectivity index (χ1v) is 9.64. The zero-order chi connectivity index (χ0) is 20.0. The number of carbonyl (C=O) groups is 3. The number of benzene rings is 1. The third-order valence-corrected chi connectivity index (χ3v) is 5.51. The summed E-state index contributed by atoms with van der Waals surface area (Å²) in [7, 11) is 0. The average molecular weight is 371 g/mol. The lowest BCUT2D eigenvalue weighted by molar-refractivity contribution is -0.128. The molecule has 2 rings (SSSR count). The fourth-order valence-electron chi connectivity index (χ4n) is 3.45. The Kier molecular flexibility index (Phi) is 7.08. The van der Waals surface area contributed by atoms with E-state index in [-0.39, 0.29) is 28.3 Å². The number of hydrogen-bond donors (Lipinski definition) is 1. The van der Waals surface area contributed by atoms with Gasteiger partial charge in [-0.2, -0.15) is 0 Å². The molecular weight excluding hydrogens is 342 g/mol. The molecular formula is C22H29NO4. The van der Waals surface area contributed by atoms with Gasteiger partial charge in [-0.05, 0) is 56.4 Å². The van der Waals surface area contributed by atoms with Gasteiger partial charge in [0.15, 0.2) is 17.3 Å². The van der Waals surface area contributed by atoms with Crippen LogP contribution in [0.4, 0.5) is 5.69 Å². The maximum atomic E-state index is 12.5. The fourth-order valence-corrected chi connectivity index (χ4v) is 3.45. The van der Waals surface area contributed by atoms with Crippen LogP contribution >= 0.6 is 0 Å². The van der Waals surface area contributed by atoms with Crippen LogP contribution in [0.25, 0.3) is 0 Å². The number of ketones is 3. The topological polar surface area (TPSA) is 72.5 Å². The zero-order valence-electron chi connectivity index (χ0n) is 16.6. The van der Waals surface area contributed by atoms with Crippen molar-refractivity contribution in [3.8, 4) is 0 Å². The molecule has 1 saturated carbocycles. The van der Waals surface area contributed by atoms with Crippen molar-refractivity contribution >= 4 is 23.0 Å². The van der Waals surface area contributed by atoms with E-state index in [0.29, 0.717) is 30.7 Å². The predicted molar refractivity (Wildman–Crippen MR) is 106 cm³/mol. The number of ether oxygens (including phenoxy) is 1. The molecule has 1 unspecified atom stereocenters. The number of allylic oxidation sites excluding steroid dienone is 1. The number of carbonyl (C=O) groups excluding carboxylic acids is 3. The average Bonchev–Trinajstić information content (AvgIpc) is 2.67. The third kappa shape index (κ3) is 4.92. The second kappa shape index (κ2) is 9.09. The summed E-state index contributed by atoms with van der Waals surface area (Å²) in [5, 5.41) is 3.01. The minimum atomic E-state index is -0.481. The first kappa shape index (κ1) is 21.0. The summed E-state index contributed by atoms with van der Waals surface area (Å²) in [5.74, 6) is -0.269. The van der Waals surface area contributed by atoms with E-state index in [0.717, 1.165) is 12.8 Å². The van der Waals surface area contributed by atoms with E-state index in [1.54, 1.807) is 31.2 Å². The molecule has 0 heterocycles. The summed E-state index contributed by atoms with van der Waals surface area (Å²) in [6.07, 6.45) is 3.52. The Morgan fingerprint density at radius 2 is 1.67 bits per heavy atom. The molecule has 0 radical (unpaired) electrons. The summed E-state index contributed by atoms with van der Waals surface area (Å²) in [5.41, 5.74) is 1.32. The van der Waals surface area contributed by atoms with E-state index >= 15 is 0 Å². The van der Waals surface area contributed by atoms with E-state index in [9.17, 15) is 14.4 Å². The highest BCUT2D eigenvalue weighted by Crippen LogP contribution is 2.40. The molecule has 146 valence electrons. The smallest absolute Gasteiger partial charge is 0.191 e. The predicted octanol–water partition coefficient (Wildman–Crippen LogP) is 4.33. The Hall–Kier alpha value is -2.27. The SMILES string of the molecule is CCOC(C)C(=O)c1ccc(NC=C2C(=O)CC(CC)(CC)CC2=O)cc1. The summed E-state index contributed by atoms with van der Waals surface area (Å²) < 4.78 is 5.32. The van der Waals surface area contributed by atoms with Crippen molar-refractivity contribution in [3.63, 3.8) is 0 Å². The van der Waals surface area contributed by atoms with Gasteiger partial charge in [0.05, 0.1) is 5.57 Å². The summed E-state index contributed by atoms with van der Waals surface area (Å²) in [6.45, 7) is 8.14. The first-order valence-electron chi connectivity index (χ1n) is 9.64. The van der Waals surface area contributed by atoms with Crippen molar-refractivity contribution in [3.05, 3.63) is 41.6 Å². The van der Waals surface area contributed by atoms with Crippen LogP contribution in [0.15, 0.2) is 36.0 Å². The Morgan fingerprint density at radius 3 is 2.15 bits per heavy atom. The molecule has 1 fully saturated rings. The van der Waals surface area contributed by atoms with E-state index in [2.05, 4.69) is 5.32 Å². The monoisotopic (exact) mass is 371 g/mol. The van der Waals surface area contributed by atoms with Crippen molar-refractivity contribution in [2.24, 2.45) is 5.41 Å². The number of Topliss-reactive ketones (excluding diaryl/α,β-unsaturated/α-hetero) is 3. The van der Waals surface area contributed by atoms with Crippen LogP contribution in [-0.2, 0) is 14.3 Å². The Labute approximate surface area is 161 Å². The van der Waals surface area contributed by atoms with Gasteiger partial charge in [0, 0.05) is 36.9 Å². The molecule has 5 nitrogen and oxygen atoms in total. The number of anilines is 1. The van der Waals surface area contributed by atoms with Gasteiger partial charge in [0.25, 0.3) is 0 Å². The lowest BCUT2D eigenvalue weighted by Crippen LogP contribution is -2.35. The van der Waals surface area contributed by atoms with E-state index < -0.39 is 6.10 Å². The summed E-state index contributed by atoms with van der Waals surface area (Å²) in [4.78, 5) is 37.1. The molecule has 0 spiro atoms. The van der Waals surface area contributed by atoms with Crippen molar-refractivity contribution in [1.29, 1.82) is 0 Å². The molecule has 0 saturated heterocycles. The van der Waals surface area contributed by atoms with E-state index in [1.807, 2.05) is 20.8 Å². The Balaban J connectivity index is 2.07. The quantitative estimate of drug-likeness (QED) is 0.418. The highest BCUT2D eigenvalue weighted by molar-refractivity contribution is 6.22. The zero-order valence-corrected chi connectivity index (χ0v) is 16.6. The minimum Gasteiger partial charge on any atom is -0.371 e. The van der Waals surface area contributed by atoms with Crippen LogP contribution in [-0.4, -0.2) is 30.1 Å². The first-order chi connectivity index (χ1) is 12.9. The van der Waals surface area contributed by atoms with Gasteiger partial charge in [0.1, 0.15) is 6.10 Å². The molecule has 0 aliphatic heterocycles. The molecule has 1 aromatic carbocycles. The molecule has 1 aliphatic rings. The largest absolute Gasteiger partial charge is 0.371 e. The van der Waals surface area contributed by atoms with Crippen molar-refractivity contribution in [2.75, 3.05) is 11.9 Å². The third-order valence-electron chi connectivity index (χ3n) is 5.51. The maximum Gasteiger partial charge on any atom is 0.191 e. The highest BCUT2D eigenvalue weighted by Gasteiger charge is 2.39. The highest BCUT2D eigenvalue weighted by atomic mass is 16.5. The van der Waals surface area contributed by atoms with Gasteiger partial charge >= 0.3 is 0 Å². The number of nitrogens with one attached hydrogen (secondary N) is 1. The van der Waals surface area contributed by atoms with Gasteiger partial charge < -0.3 is 10.1 Å². The van der Waals surface area contributed by atoms with Crippen molar-refractivity contribution < 1.29 is 19.1 Å². The van der Waals surface area contributed by atoms with Gasteiger partial charge in [-0.25, -0.2) is 0 Å². The van der Waals surface area contributed by atoms with Gasteiger partial charge in [-0.15, -0.1) is 0 Å². The Morgan fingerprint density at radius 1 is 1.11 bits per heavy atom. The van der Waals surface area contributed by atoms with Crippen molar-refractivity contribution in [2.45, 2.75) is 59.5 Å². The van der Waals surface area contributed by atoms with E-state index in [1.165, 1.54) is 6.20 Å². The van der Waals surface area contributed by atoms with Crippen LogP contribution < -0.4 is 5.32 Å². The molecule has 1 aliphatic carbocycles. The van der Waals surface area contributed by atoms with Gasteiger partial charge in [-0.3, -0.25) is 14.4 Å². The second-order valence-corrected chi connectivity index (χ2v) is 7.15. The molecule has 0 bridgehead atoms. The molecule has 1 N–H and O–H groups in total. The lowest BCUT2D eigenvalue weighted by atomic mass is 9.68. The summed E-state index contributed by atoms with van der Waals surface area (Å²) in [6, 6.07) is 6.93. The standard InChI is InChI=1S/C22H29NO4/c1-5-22(6-2)12-19(24)18(20(25)13-22)14-23-17-10-8-16(9-11-17)21(26)15(4)27-7-3/h8-11,14-15,23H,5-7,12-13H2,1-4H3. The Bertz CT molecular complexity index is 707. The molecule has 1 aromatic rings. The molecule has 27 heavy (non-hydrogen) atoms. The fraction of sp³-hybridized carbons (Fsp3) is 0.500. The van der Waals surface area contributed by atoms with Crippen LogP contribution in [0.1, 0.15) is 63.7 Å². The maximum absolute atomic E-state index is 12.5. The molecule has 5 heteroatoms. The van der Waals surface area contributed by atoms with Gasteiger partial charge in [0.2, 0.25) is 0 Å². The van der Waals surface area contributed by atoms with E-state index in [4.69, 9.17) is 4.74 Å². The molecule has 0 amide bonds. The van der Waals surface area contributed by atoms with Crippen LogP contribution in [0.5, 0.6) is 0 Å². The van der Waals surface area contributed by atoms with Gasteiger partial charge in [-0.1, -0.05) is 13.8 Å². The molecule has 1 atom stereocenters. The normalized spacial score (nSPS) is 17.6. The summed E-state index contributed by atoms with van der Waals surface area (Å²) >= 11 is 0. The minimum absolute atomic E-state index is 0.0742. The lowest BCUT2D eigenvalue weighted by Gasteiger charge is -2.34. The van der Waals surface area contributed by atoms with Crippen LogP contribution in [0.3, 0.4) is 0 Å². The second-order valence-electron chi connectivity index (χ2n) is 7.15. The molecule has 0 aromatic heterocycles. The van der Waals surface area contributed by atoms with Crippen LogP contribution in [0.2, 0.25) is 0 Å². The number of hydrogen-bond acceptors (Lipinski definition) is 5. The van der Waals surface area contributed by atoms with Crippen molar-refractivity contribution in [1.82, 2.24) is 0 Å². The van der Waals surface area contributed by atoms with Crippen LogP contribution in [0, 0.1) is 5.41 Å². The number of rotatable bonds is 8.